The van der Waals surface area contributed by atoms with Crippen LogP contribution in [0.3, 0.4) is 0 Å². The highest BCUT2D eigenvalue weighted by atomic mass is 16.3. The van der Waals surface area contributed by atoms with Gasteiger partial charge in [0.2, 0.25) is 5.91 Å². The van der Waals surface area contributed by atoms with Gasteiger partial charge in [0.1, 0.15) is 5.75 Å². The van der Waals surface area contributed by atoms with Crippen molar-refractivity contribution in [1.29, 1.82) is 0 Å². The number of amides is 1. The summed E-state index contributed by atoms with van der Waals surface area (Å²) in [6, 6.07) is 7.15. The number of likely N-dealkylation sites (N-methyl/N-ethyl adjacent to an activating group) is 1. The summed E-state index contributed by atoms with van der Waals surface area (Å²) in [4.78, 5) is 13.8. The van der Waals surface area contributed by atoms with Crippen molar-refractivity contribution < 1.29 is 9.90 Å². The Kier molecular flexibility index (Phi) is 5.49. The number of phenolic OH excluding ortho intramolecular Hbond substituents is 1. The maximum atomic E-state index is 11.8. The van der Waals surface area contributed by atoms with Crippen LogP contribution in [-0.2, 0) is 4.79 Å². The second-order valence-electron chi connectivity index (χ2n) is 4.41. The van der Waals surface area contributed by atoms with E-state index in [0.29, 0.717) is 6.54 Å². The summed E-state index contributed by atoms with van der Waals surface area (Å²) in [6.07, 6.45) is 0.921. The summed E-state index contributed by atoms with van der Waals surface area (Å²) in [5, 5.41) is 12.4. The molecule has 0 saturated carbocycles. The second kappa shape index (κ2) is 6.89. The number of hydrogen-bond acceptors (Lipinski definition) is 3. The highest BCUT2D eigenvalue weighted by Crippen LogP contribution is 2.19. The Balaban J connectivity index is 2.65. The van der Waals surface area contributed by atoms with Gasteiger partial charge >= 0.3 is 0 Å². The van der Waals surface area contributed by atoms with Crippen molar-refractivity contribution in [1.82, 2.24) is 5.32 Å². The average Bonchev–Trinajstić information content (AvgIpc) is 2.35. The van der Waals surface area contributed by atoms with E-state index in [1.165, 1.54) is 0 Å². The first kappa shape index (κ1) is 14.4. The fourth-order valence-corrected chi connectivity index (χ4v) is 1.67. The lowest BCUT2D eigenvalue weighted by molar-refractivity contribution is -0.120. The summed E-state index contributed by atoms with van der Waals surface area (Å²) in [6.45, 7) is 7.04. The molecule has 0 fully saturated rings. The van der Waals surface area contributed by atoms with Gasteiger partial charge in [-0.15, -0.1) is 0 Å². The molecule has 0 saturated heterocycles. The lowest BCUT2D eigenvalue weighted by atomic mass is 10.2. The van der Waals surface area contributed by atoms with E-state index < -0.39 is 0 Å². The second-order valence-corrected chi connectivity index (χ2v) is 4.41. The van der Waals surface area contributed by atoms with Gasteiger partial charge in [-0.2, -0.15) is 0 Å². The number of benzene rings is 1. The molecule has 0 bridgehead atoms. The van der Waals surface area contributed by atoms with E-state index in [1.54, 1.807) is 18.2 Å². The van der Waals surface area contributed by atoms with Gasteiger partial charge in [-0.1, -0.05) is 13.0 Å². The molecule has 0 radical (unpaired) electrons. The fraction of sp³-hybridized carbons (Fsp3) is 0.500. The van der Waals surface area contributed by atoms with Crippen LogP contribution < -0.4 is 10.2 Å². The first-order valence-corrected chi connectivity index (χ1v) is 6.40. The normalized spacial score (nSPS) is 11.9. The van der Waals surface area contributed by atoms with Gasteiger partial charge in [-0.3, -0.25) is 4.79 Å². The Morgan fingerprint density at radius 1 is 1.44 bits per heavy atom. The van der Waals surface area contributed by atoms with Crippen LogP contribution in [0.25, 0.3) is 0 Å². The van der Waals surface area contributed by atoms with Gasteiger partial charge in [-0.25, -0.2) is 0 Å². The Labute approximate surface area is 109 Å². The van der Waals surface area contributed by atoms with Crippen LogP contribution >= 0.6 is 0 Å². The number of nitrogens with one attached hydrogen (secondary N) is 1. The van der Waals surface area contributed by atoms with E-state index in [-0.39, 0.29) is 17.7 Å². The molecule has 1 atom stereocenters. The molecule has 1 amide bonds. The predicted molar refractivity (Wildman–Crippen MR) is 73.9 cm³/mol. The summed E-state index contributed by atoms with van der Waals surface area (Å²) in [5.74, 6) is 0.225. The van der Waals surface area contributed by atoms with Gasteiger partial charge < -0.3 is 15.3 Å². The molecule has 100 valence electrons. The minimum absolute atomic E-state index is 0.00884. The lowest BCUT2D eigenvalue weighted by Crippen LogP contribution is -2.40. The minimum Gasteiger partial charge on any atom is -0.508 e. The molecule has 0 heterocycles. The molecule has 0 unspecified atom stereocenters. The third kappa shape index (κ3) is 4.28. The van der Waals surface area contributed by atoms with Crippen LogP contribution in [0.5, 0.6) is 5.75 Å². The molecule has 18 heavy (non-hydrogen) atoms. The van der Waals surface area contributed by atoms with E-state index in [4.69, 9.17) is 0 Å². The maximum absolute atomic E-state index is 11.8. The molecule has 0 aliphatic heterocycles. The summed E-state index contributed by atoms with van der Waals surface area (Å²) in [7, 11) is 0. The van der Waals surface area contributed by atoms with Crippen LogP contribution in [0.4, 0.5) is 5.69 Å². The molecule has 4 heteroatoms. The van der Waals surface area contributed by atoms with Crippen molar-refractivity contribution in [3.05, 3.63) is 24.3 Å². The van der Waals surface area contributed by atoms with Crippen LogP contribution in [0.1, 0.15) is 27.2 Å². The van der Waals surface area contributed by atoms with Crippen LogP contribution in [0.2, 0.25) is 0 Å². The first-order chi connectivity index (χ1) is 8.56. The SMILES string of the molecule is CC[C@H](C)NC(=O)CN(CC)c1cccc(O)c1. The predicted octanol–water partition coefficient (Wildman–Crippen LogP) is 2.13. The highest BCUT2D eigenvalue weighted by molar-refractivity contribution is 5.81. The zero-order valence-electron chi connectivity index (χ0n) is 11.3. The zero-order valence-corrected chi connectivity index (χ0v) is 11.3. The molecule has 1 aromatic rings. The number of phenols is 1. The fourth-order valence-electron chi connectivity index (χ4n) is 1.67. The topological polar surface area (TPSA) is 52.6 Å². The smallest absolute Gasteiger partial charge is 0.239 e. The molecule has 4 nitrogen and oxygen atoms in total. The third-order valence-corrected chi connectivity index (χ3v) is 2.93. The molecular formula is C14H22N2O2. The minimum atomic E-state index is 0.00884. The van der Waals surface area contributed by atoms with Gasteiger partial charge in [0.15, 0.2) is 0 Å². The van der Waals surface area contributed by atoms with E-state index >= 15 is 0 Å². The van der Waals surface area contributed by atoms with Crippen molar-refractivity contribution in [2.45, 2.75) is 33.2 Å². The number of aromatic hydroxyl groups is 1. The van der Waals surface area contributed by atoms with Gasteiger partial charge in [0.05, 0.1) is 6.54 Å². The Bertz CT molecular complexity index is 393. The molecule has 1 rings (SSSR count). The van der Waals surface area contributed by atoms with Crippen molar-refractivity contribution in [2.75, 3.05) is 18.0 Å². The number of carbonyl (C=O) groups is 1. The van der Waals surface area contributed by atoms with E-state index in [2.05, 4.69) is 5.32 Å². The monoisotopic (exact) mass is 250 g/mol. The van der Waals surface area contributed by atoms with E-state index in [1.807, 2.05) is 31.7 Å². The lowest BCUT2D eigenvalue weighted by Gasteiger charge is -2.23. The largest absolute Gasteiger partial charge is 0.508 e. The molecule has 0 aliphatic carbocycles. The average molecular weight is 250 g/mol. The van der Waals surface area contributed by atoms with E-state index in [0.717, 1.165) is 18.7 Å². The third-order valence-electron chi connectivity index (χ3n) is 2.93. The van der Waals surface area contributed by atoms with Gasteiger partial charge in [0, 0.05) is 24.3 Å². The molecule has 2 N–H and O–H groups in total. The molecule has 0 aromatic heterocycles. The number of hydrogen-bond donors (Lipinski definition) is 2. The molecular weight excluding hydrogens is 228 g/mol. The number of anilines is 1. The van der Waals surface area contributed by atoms with Crippen molar-refractivity contribution in [2.24, 2.45) is 0 Å². The molecule has 0 aliphatic rings. The quantitative estimate of drug-likeness (QED) is 0.813. The first-order valence-electron chi connectivity index (χ1n) is 6.40. The van der Waals surface area contributed by atoms with Crippen LogP contribution in [0.15, 0.2) is 24.3 Å². The summed E-state index contributed by atoms with van der Waals surface area (Å²) >= 11 is 0. The van der Waals surface area contributed by atoms with Gasteiger partial charge in [-0.05, 0) is 32.4 Å². The maximum Gasteiger partial charge on any atom is 0.239 e. The van der Waals surface area contributed by atoms with E-state index in [9.17, 15) is 9.90 Å². The number of carbonyl (C=O) groups excluding carboxylic acids is 1. The Hall–Kier alpha value is -1.71. The number of nitrogens with zero attached hydrogens (tertiary/aromatic N) is 1. The number of rotatable bonds is 6. The summed E-state index contributed by atoms with van der Waals surface area (Å²) in [5.41, 5.74) is 0.858. The molecule has 0 spiro atoms. The van der Waals surface area contributed by atoms with Crippen molar-refractivity contribution >= 4 is 11.6 Å². The Morgan fingerprint density at radius 3 is 2.72 bits per heavy atom. The Morgan fingerprint density at radius 2 is 2.17 bits per heavy atom. The highest BCUT2D eigenvalue weighted by Gasteiger charge is 2.11. The van der Waals surface area contributed by atoms with Crippen LogP contribution in [-0.4, -0.2) is 30.1 Å². The van der Waals surface area contributed by atoms with Crippen molar-refractivity contribution in [3.63, 3.8) is 0 Å². The van der Waals surface area contributed by atoms with Gasteiger partial charge in [0.25, 0.3) is 0 Å². The van der Waals surface area contributed by atoms with Crippen LogP contribution in [0, 0.1) is 0 Å². The zero-order chi connectivity index (χ0) is 13.5. The standard InChI is InChI=1S/C14H22N2O2/c1-4-11(3)15-14(18)10-16(5-2)12-7-6-8-13(17)9-12/h6-9,11,17H,4-5,10H2,1-3H3,(H,15,18)/t11-/m0/s1. The summed E-state index contributed by atoms with van der Waals surface area (Å²) < 4.78 is 0. The molecule has 1 aromatic carbocycles. The van der Waals surface area contributed by atoms with Crippen molar-refractivity contribution in [3.8, 4) is 5.75 Å².